The summed E-state index contributed by atoms with van der Waals surface area (Å²) in [7, 11) is 0. The highest BCUT2D eigenvalue weighted by molar-refractivity contribution is 5.50. The number of halogens is 3. The second kappa shape index (κ2) is 5.28. The van der Waals surface area contributed by atoms with Crippen molar-refractivity contribution in [1.82, 2.24) is 5.32 Å². The molecule has 1 fully saturated rings. The summed E-state index contributed by atoms with van der Waals surface area (Å²) >= 11 is 0. The van der Waals surface area contributed by atoms with Gasteiger partial charge >= 0.3 is 6.18 Å². The number of alkyl halides is 3. The van der Waals surface area contributed by atoms with Crippen molar-refractivity contribution in [1.29, 1.82) is 0 Å². The molecule has 1 heterocycles. The van der Waals surface area contributed by atoms with E-state index in [-0.39, 0.29) is 11.5 Å². The van der Waals surface area contributed by atoms with Gasteiger partial charge in [0.05, 0.1) is 5.56 Å². The Kier molecular flexibility index (Phi) is 4.00. The molecule has 1 N–H and O–H groups in total. The second-order valence-corrected chi connectivity index (χ2v) is 6.37. The van der Waals surface area contributed by atoms with Crippen molar-refractivity contribution in [2.45, 2.75) is 33.0 Å². The maximum Gasteiger partial charge on any atom is 0.416 e. The molecule has 0 aliphatic carbocycles. The fourth-order valence-corrected chi connectivity index (χ4v) is 2.44. The molecule has 20 heavy (non-hydrogen) atoms. The predicted molar refractivity (Wildman–Crippen MR) is 74.9 cm³/mol. The lowest BCUT2D eigenvalue weighted by molar-refractivity contribution is -0.137. The van der Waals surface area contributed by atoms with E-state index in [2.05, 4.69) is 26.1 Å². The largest absolute Gasteiger partial charge is 0.416 e. The fraction of sp³-hybridized carbons (Fsp3) is 0.600. The molecule has 0 amide bonds. The quantitative estimate of drug-likeness (QED) is 0.849. The molecule has 1 aliphatic heterocycles. The maximum absolute atomic E-state index is 12.8. The van der Waals surface area contributed by atoms with Gasteiger partial charge in [-0.15, -0.1) is 0 Å². The molecular formula is C15H21F3N2. The third-order valence-electron chi connectivity index (χ3n) is 3.76. The van der Waals surface area contributed by atoms with Crippen LogP contribution in [0.5, 0.6) is 0 Å². The van der Waals surface area contributed by atoms with Gasteiger partial charge in [-0.1, -0.05) is 26.8 Å². The van der Waals surface area contributed by atoms with E-state index in [0.29, 0.717) is 5.69 Å². The highest BCUT2D eigenvalue weighted by Gasteiger charge is 2.32. The minimum absolute atomic E-state index is 0.0836. The highest BCUT2D eigenvalue weighted by atomic mass is 19.4. The lowest BCUT2D eigenvalue weighted by atomic mass is 9.85. The molecule has 1 saturated heterocycles. The summed E-state index contributed by atoms with van der Waals surface area (Å²) in [6.45, 7) is 8.66. The van der Waals surface area contributed by atoms with Crippen molar-refractivity contribution in [3.63, 3.8) is 0 Å². The Labute approximate surface area is 118 Å². The average molecular weight is 286 g/mol. The Morgan fingerprint density at radius 2 is 1.90 bits per heavy atom. The lowest BCUT2D eigenvalue weighted by Crippen LogP contribution is -2.56. The van der Waals surface area contributed by atoms with Crippen LogP contribution in [0.1, 0.15) is 26.3 Å². The Morgan fingerprint density at radius 3 is 2.50 bits per heavy atom. The minimum atomic E-state index is -4.28. The third-order valence-corrected chi connectivity index (χ3v) is 3.76. The topological polar surface area (TPSA) is 15.3 Å². The summed E-state index contributed by atoms with van der Waals surface area (Å²) in [6.07, 6.45) is -4.28. The van der Waals surface area contributed by atoms with Gasteiger partial charge in [0.25, 0.3) is 0 Å². The standard InChI is InChI=1S/C15H21F3N2/c1-14(2,3)13-10-20(8-7-19-13)12-6-4-5-11(9-12)15(16,17)18/h4-6,9,13,19H,7-8,10H2,1-3H3. The molecule has 0 bridgehead atoms. The van der Waals surface area contributed by atoms with Crippen molar-refractivity contribution in [3.05, 3.63) is 29.8 Å². The van der Waals surface area contributed by atoms with E-state index in [1.807, 2.05) is 4.90 Å². The zero-order valence-corrected chi connectivity index (χ0v) is 12.1. The summed E-state index contributed by atoms with van der Waals surface area (Å²) < 4.78 is 38.3. The van der Waals surface area contributed by atoms with Crippen LogP contribution in [0, 0.1) is 5.41 Å². The zero-order valence-electron chi connectivity index (χ0n) is 12.1. The Bertz CT molecular complexity index is 463. The van der Waals surface area contributed by atoms with Gasteiger partial charge in [0.2, 0.25) is 0 Å². The van der Waals surface area contributed by atoms with Gasteiger partial charge in [-0.3, -0.25) is 0 Å². The fourth-order valence-electron chi connectivity index (χ4n) is 2.44. The van der Waals surface area contributed by atoms with E-state index in [4.69, 9.17) is 0 Å². The zero-order chi connectivity index (χ0) is 15.0. The molecular weight excluding hydrogens is 265 g/mol. The summed E-state index contributed by atoms with van der Waals surface area (Å²) in [5, 5.41) is 3.44. The first-order chi connectivity index (χ1) is 9.18. The van der Waals surface area contributed by atoms with Crippen molar-refractivity contribution >= 4 is 5.69 Å². The molecule has 0 spiro atoms. The van der Waals surface area contributed by atoms with Gasteiger partial charge in [0.15, 0.2) is 0 Å². The Balaban J connectivity index is 2.19. The molecule has 0 radical (unpaired) electrons. The van der Waals surface area contributed by atoms with Crippen LogP contribution in [-0.2, 0) is 6.18 Å². The highest BCUT2D eigenvalue weighted by Crippen LogP contribution is 2.32. The van der Waals surface area contributed by atoms with E-state index in [0.717, 1.165) is 25.7 Å². The summed E-state index contributed by atoms with van der Waals surface area (Å²) in [5.74, 6) is 0. The summed E-state index contributed by atoms with van der Waals surface area (Å²) in [5.41, 5.74) is 0.150. The molecule has 1 aliphatic rings. The Morgan fingerprint density at radius 1 is 1.20 bits per heavy atom. The van der Waals surface area contributed by atoms with E-state index in [9.17, 15) is 13.2 Å². The molecule has 0 saturated carbocycles. The minimum Gasteiger partial charge on any atom is -0.369 e. The molecule has 1 aromatic carbocycles. The van der Waals surface area contributed by atoms with Gasteiger partial charge in [-0.2, -0.15) is 13.2 Å². The molecule has 112 valence electrons. The monoisotopic (exact) mass is 286 g/mol. The molecule has 2 rings (SSSR count). The van der Waals surface area contributed by atoms with E-state index < -0.39 is 11.7 Å². The Hall–Kier alpha value is -1.23. The van der Waals surface area contributed by atoms with Crippen LogP contribution >= 0.6 is 0 Å². The van der Waals surface area contributed by atoms with E-state index >= 15 is 0 Å². The van der Waals surface area contributed by atoms with Gasteiger partial charge in [0, 0.05) is 31.4 Å². The number of benzene rings is 1. The lowest BCUT2D eigenvalue weighted by Gasteiger charge is -2.41. The predicted octanol–water partition coefficient (Wildman–Crippen LogP) is 3.53. The van der Waals surface area contributed by atoms with Gasteiger partial charge < -0.3 is 10.2 Å². The SMILES string of the molecule is CC(C)(C)C1CN(c2cccc(C(F)(F)F)c2)CCN1. The van der Waals surface area contributed by atoms with Crippen molar-refractivity contribution in [3.8, 4) is 0 Å². The van der Waals surface area contributed by atoms with Crippen molar-refractivity contribution < 1.29 is 13.2 Å². The van der Waals surface area contributed by atoms with Crippen LogP contribution in [0.2, 0.25) is 0 Å². The third kappa shape index (κ3) is 3.45. The number of piperazine rings is 1. The normalized spacial score (nSPS) is 21.1. The van der Waals surface area contributed by atoms with Crippen molar-refractivity contribution in [2.24, 2.45) is 5.41 Å². The molecule has 1 aromatic rings. The van der Waals surface area contributed by atoms with Crippen LogP contribution in [0.25, 0.3) is 0 Å². The van der Waals surface area contributed by atoms with E-state index in [1.165, 1.54) is 12.1 Å². The van der Waals surface area contributed by atoms with Gasteiger partial charge in [-0.05, 0) is 23.6 Å². The number of hydrogen-bond acceptors (Lipinski definition) is 2. The van der Waals surface area contributed by atoms with Crippen LogP contribution in [0.4, 0.5) is 18.9 Å². The summed E-state index contributed by atoms with van der Waals surface area (Å²) in [6, 6.07) is 5.86. The number of hydrogen-bond donors (Lipinski definition) is 1. The molecule has 0 aromatic heterocycles. The number of nitrogens with zero attached hydrogens (tertiary/aromatic N) is 1. The number of rotatable bonds is 1. The number of nitrogens with one attached hydrogen (secondary N) is 1. The summed E-state index contributed by atoms with van der Waals surface area (Å²) in [4.78, 5) is 2.03. The molecule has 2 nitrogen and oxygen atoms in total. The second-order valence-electron chi connectivity index (χ2n) is 6.37. The van der Waals surface area contributed by atoms with Crippen molar-refractivity contribution in [2.75, 3.05) is 24.5 Å². The van der Waals surface area contributed by atoms with Crippen LogP contribution in [0.3, 0.4) is 0 Å². The first kappa shape index (κ1) is 15.2. The van der Waals surface area contributed by atoms with Gasteiger partial charge in [-0.25, -0.2) is 0 Å². The smallest absolute Gasteiger partial charge is 0.369 e. The van der Waals surface area contributed by atoms with Crippen LogP contribution in [0.15, 0.2) is 24.3 Å². The molecule has 1 atom stereocenters. The number of anilines is 1. The first-order valence-electron chi connectivity index (χ1n) is 6.83. The first-order valence-corrected chi connectivity index (χ1v) is 6.83. The maximum atomic E-state index is 12.8. The molecule has 1 unspecified atom stereocenters. The van der Waals surface area contributed by atoms with E-state index in [1.54, 1.807) is 6.07 Å². The van der Waals surface area contributed by atoms with Crippen LogP contribution < -0.4 is 10.2 Å². The van der Waals surface area contributed by atoms with Crippen LogP contribution in [-0.4, -0.2) is 25.7 Å². The van der Waals surface area contributed by atoms with Gasteiger partial charge in [0.1, 0.15) is 0 Å². The molecule has 5 heteroatoms. The average Bonchev–Trinajstić information content (AvgIpc) is 2.37.